The van der Waals surface area contributed by atoms with Gasteiger partial charge in [0.15, 0.2) is 5.11 Å². The van der Waals surface area contributed by atoms with E-state index in [4.69, 9.17) is 38.0 Å². The largest absolute Gasteiger partial charge is 0.497 e. The molecule has 0 saturated carbocycles. The van der Waals surface area contributed by atoms with Crippen molar-refractivity contribution in [1.29, 1.82) is 0 Å². The molecule has 0 bridgehead atoms. The number of ether oxygens (including phenoxy) is 3. The van der Waals surface area contributed by atoms with Crippen LogP contribution in [0.3, 0.4) is 0 Å². The molecule has 1 heterocycles. The van der Waals surface area contributed by atoms with Crippen LogP contribution in [-0.4, -0.2) is 68.5 Å². The number of hydrogen-bond donors (Lipinski definition) is 1. The summed E-state index contributed by atoms with van der Waals surface area (Å²) in [6.07, 6.45) is 1.00. The first-order valence-electron chi connectivity index (χ1n) is 10.4. The average molecular weight is 464 g/mol. The Morgan fingerprint density at radius 2 is 1.77 bits per heavy atom. The fourth-order valence-corrected chi connectivity index (χ4v) is 3.87. The van der Waals surface area contributed by atoms with E-state index in [0.29, 0.717) is 16.7 Å². The smallest absolute Gasteiger partial charge is 0.173 e. The lowest BCUT2D eigenvalue weighted by Crippen LogP contribution is -2.40. The normalized spacial score (nSPS) is 14.2. The molecule has 2 aromatic rings. The second-order valence-corrected chi connectivity index (χ2v) is 8.15. The molecule has 0 aromatic heterocycles. The van der Waals surface area contributed by atoms with Gasteiger partial charge in [0.25, 0.3) is 0 Å². The van der Waals surface area contributed by atoms with Crippen molar-refractivity contribution in [2.45, 2.75) is 13.0 Å². The van der Waals surface area contributed by atoms with E-state index >= 15 is 0 Å². The monoisotopic (exact) mass is 463 g/mol. The van der Waals surface area contributed by atoms with Crippen LogP contribution in [-0.2, 0) is 11.3 Å². The minimum atomic E-state index is 0.598. The molecular weight excluding hydrogens is 434 g/mol. The van der Waals surface area contributed by atoms with Crippen LogP contribution in [0.2, 0.25) is 5.02 Å². The van der Waals surface area contributed by atoms with E-state index in [1.54, 1.807) is 20.3 Å². The van der Waals surface area contributed by atoms with E-state index in [9.17, 15) is 0 Å². The molecule has 168 valence electrons. The Bertz CT molecular complexity index is 844. The number of thiocarbonyl (C=S) groups is 1. The number of anilines is 1. The highest BCUT2D eigenvalue weighted by Crippen LogP contribution is 2.27. The Morgan fingerprint density at radius 1 is 1.10 bits per heavy atom. The van der Waals surface area contributed by atoms with Gasteiger partial charge in [0.05, 0.1) is 38.1 Å². The molecule has 6 nitrogen and oxygen atoms in total. The van der Waals surface area contributed by atoms with E-state index in [2.05, 4.69) is 27.2 Å². The Kier molecular flexibility index (Phi) is 9.21. The quantitative estimate of drug-likeness (QED) is 0.557. The van der Waals surface area contributed by atoms with Crippen molar-refractivity contribution in [3.63, 3.8) is 0 Å². The van der Waals surface area contributed by atoms with Gasteiger partial charge in [0, 0.05) is 38.8 Å². The number of nitrogens with zero attached hydrogens (tertiary/aromatic N) is 2. The lowest BCUT2D eigenvalue weighted by atomic mass is 10.2. The van der Waals surface area contributed by atoms with E-state index < -0.39 is 0 Å². The average Bonchev–Trinajstić information content (AvgIpc) is 2.81. The van der Waals surface area contributed by atoms with Gasteiger partial charge in [-0.25, -0.2) is 0 Å². The number of rotatable bonds is 9. The number of hydrogen-bond acceptors (Lipinski definition) is 5. The Balaban J connectivity index is 1.67. The third-order valence-electron chi connectivity index (χ3n) is 5.24. The van der Waals surface area contributed by atoms with Crippen LogP contribution in [0.5, 0.6) is 11.5 Å². The molecule has 1 aliphatic heterocycles. The van der Waals surface area contributed by atoms with Crippen LogP contribution < -0.4 is 14.8 Å². The number of benzene rings is 2. The fraction of sp³-hybridized carbons (Fsp3) is 0.435. The van der Waals surface area contributed by atoms with Gasteiger partial charge in [-0.05, 0) is 48.5 Å². The summed E-state index contributed by atoms with van der Waals surface area (Å²) in [5.41, 5.74) is 1.90. The molecule has 1 aliphatic rings. The molecule has 3 rings (SSSR count). The first-order valence-corrected chi connectivity index (χ1v) is 11.2. The van der Waals surface area contributed by atoms with E-state index in [-0.39, 0.29) is 0 Å². The minimum Gasteiger partial charge on any atom is -0.497 e. The second-order valence-electron chi connectivity index (χ2n) is 7.35. The molecule has 1 saturated heterocycles. The van der Waals surface area contributed by atoms with E-state index in [1.165, 1.54) is 0 Å². The summed E-state index contributed by atoms with van der Waals surface area (Å²) in [6, 6.07) is 13.6. The summed E-state index contributed by atoms with van der Waals surface area (Å²) in [6.45, 7) is 6.14. The number of morpholine rings is 1. The highest BCUT2D eigenvalue weighted by Gasteiger charge is 2.15. The zero-order valence-electron chi connectivity index (χ0n) is 18.1. The molecule has 1 N–H and O–H groups in total. The predicted molar refractivity (Wildman–Crippen MR) is 130 cm³/mol. The molecule has 2 aromatic carbocycles. The second kappa shape index (κ2) is 12.1. The van der Waals surface area contributed by atoms with Crippen molar-refractivity contribution < 1.29 is 14.2 Å². The number of methoxy groups -OCH3 is 2. The van der Waals surface area contributed by atoms with Gasteiger partial charge in [-0.3, -0.25) is 4.90 Å². The molecule has 1 fully saturated rings. The van der Waals surface area contributed by atoms with Crippen LogP contribution in [0.4, 0.5) is 5.69 Å². The summed E-state index contributed by atoms with van der Waals surface area (Å²) in [5, 5.41) is 4.53. The molecular formula is C23H30ClN3O3S. The summed E-state index contributed by atoms with van der Waals surface area (Å²) in [5.74, 6) is 1.57. The SMILES string of the molecule is COc1ccc(CN(CCCN2CCOCC2)C(=S)Nc2cc(OC)ccc2Cl)cc1. The van der Waals surface area contributed by atoms with Crippen molar-refractivity contribution in [1.82, 2.24) is 9.80 Å². The van der Waals surface area contributed by atoms with Gasteiger partial charge in [0.1, 0.15) is 11.5 Å². The maximum atomic E-state index is 6.37. The molecule has 0 unspecified atom stereocenters. The summed E-state index contributed by atoms with van der Waals surface area (Å²) in [4.78, 5) is 4.61. The van der Waals surface area contributed by atoms with Crippen LogP contribution >= 0.6 is 23.8 Å². The van der Waals surface area contributed by atoms with Crippen molar-refractivity contribution in [2.24, 2.45) is 0 Å². The minimum absolute atomic E-state index is 0.598. The Morgan fingerprint density at radius 3 is 2.45 bits per heavy atom. The molecule has 8 heteroatoms. The van der Waals surface area contributed by atoms with Crippen molar-refractivity contribution >= 4 is 34.6 Å². The molecule has 0 atom stereocenters. The zero-order chi connectivity index (χ0) is 22.1. The maximum Gasteiger partial charge on any atom is 0.173 e. The van der Waals surface area contributed by atoms with Crippen molar-refractivity contribution in [3.05, 3.63) is 53.1 Å². The topological polar surface area (TPSA) is 46.2 Å². The Hall–Kier alpha value is -2.06. The molecule has 31 heavy (non-hydrogen) atoms. The molecule has 0 spiro atoms. The zero-order valence-corrected chi connectivity index (χ0v) is 19.7. The van der Waals surface area contributed by atoms with Gasteiger partial charge in [-0.1, -0.05) is 23.7 Å². The lowest BCUT2D eigenvalue weighted by Gasteiger charge is -2.30. The maximum absolute atomic E-state index is 6.37. The predicted octanol–water partition coefficient (Wildman–Crippen LogP) is 4.28. The van der Waals surface area contributed by atoms with Crippen molar-refractivity contribution in [2.75, 3.05) is 58.9 Å². The van der Waals surface area contributed by atoms with Gasteiger partial charge < -0.3 is 24.4 Å². The first-order chi connectivity index (χ1) is 15.1. The van der Waals surface area contributed by atoms with Gasteiger partial charge in [-0.2, -0.15) is 0 Å². The van der Waals surface area contributed by atoms with Crippen LogP contribution in [0.25, 0.3) is 0 Å². The Labute approximate surface area is 195 Å². The summed E-state index contributed by atoms with van der Waals surface area (Å²) < 4.78 is 16.0. The standard InChI is InChI=1S/C23H30ClN3O3S/c1-28-19-6-4-18(5-7-19)17-27(11-3-10-26-12-14-30-15-13-26)23(31)25-22-16-20(29-2)8-9-21(22)24/h4-9,16H,3,10-15,17H2,1-2H3,(H,25,31). The lowest BCUT2D eigenvalue weighted by molar-refractivity contribution is 0.0368. The number of halogens is 1. The van der Waals surface area contributed by atoms with E-state index in [0.717, 1.165) is 68.6 Å². The first kappa shape index (κ1) is 23.6. The third kappa shape index (κ3) is 7.25. The fourth-order valence-electron chi connectivity index (χ4n) is 3.44. The number of nitrogens with one attached hydrogen (secondary N) is 1. The highest BCUT2D eigenvalue weighted by atomic mass is 35.5. The van der Waals surface area contributed by atoms with Gasteiger partial charge in [0.2, 0.25) is 0 Å². The summed E-state index contributed by atoms with van der Waals surface area (Å²) in [7, 11) is 3.30. The van der Waals surface area contributed by atoms with Gasteiger partial charge in [-0.15, -0.1) is 0 Å². The van der Waals surface area contributed by atoms with Gasteiger partial charge >= 0.3 is 0 Å². The van der Waals surface area contributed by atoms with Crippen LogP contribution in [0.15, 0.2) is 42.5 Å². The van der Waals surface area contributed by atoms with E-state index in [1.807, 2.05) is 24.3 Å². The summed E-state index contributed by atoms with van der Waals surface area (Å²) >= 11 is 12.1. The highest BCUT2D eigenvalue weighted by molar-refractivity contribution is 7.80. The molecule has 0 radical (unpaired) electrons. The molecule has 0 amide bonds. The van der Waals surface area contributed by atoms with Crippen molar-refractivity contribution in [3.8, 4) is 11.5 Å². The van der Waals surface area contributed by atoms with Crippen LogP contribution in [0.1, 0.15) is 12.0 Å². The third-order valence-corrected chi connectivity index (χ3v) is 5.93. The van der Waals surface area contributed by atoms with Crippen LogP contribution in [0, 0.1) is 0 Å². The molecule has 0 aliphatic carbocycles.